The fourth-order valence-corrected chi connectivity index (χ4v) is 4.31. The van der Waals surface area contributed by atoms with Crippen LogP contribution in [0.3, 0.4) is 0 Å². The molecule has 0 atom stereocenters. The first kappa shape index (κ1) is 21.2. The molecule has 0 aliphatic carbocycles. The number of hydrogen-bond donors (Lipinski definition) is 0. The van der Waals surface area contributed by atoms with E-state index in [1.807, 2.05) is 42.4 Å². The van der Waals surface area contributed by atoms with Crippen molar-refractivity contribution in [3.63, 3.8) is 0 Å². The number of aromatic nitrogens is 2. The van der Waals surface area contributed by atoms with Gasteiger partial charge in [0, 0.05) is 43.6 Å². The molecule has 1 saturated heterocycles. The lowest BCUT2D eigenvalue weighted by atomic mass is 10.2. The van der Waals surface area contributed by atoms with Crippen LogP contribution in [-0.4, -0.2) is 57.5 Å². The van der Waals surface area contributed by atoms with Crippen molar-refractivity contribution in [1.29, 1.82) is 0 Å². The van der Waals surface area contributed by atoms with Gasteiger partial charge in [-0.3, -0.25) is 14.2 Å². The SMILES string of the molecule is Cc1cc(-n2c(C)cc(C(=O)N3CCCN(C(=O)c4ccccc4Cl)CC3)c2C)no1. The summed E-state index contributed by atoms with van der Waals surface area (Å²) >= 11 is 6.20. The first-order valence-electron chi connectivity index (χ1n) is 10.3. The zero-order chi connectivity index (χ0) is 22.1. The van der Waals surface area contributed by atoms with Crippen LogP contribution in [0.25, 0.3) is 5.82 Å². The highest BCUT2D eigenvalue weighted by Gasteiger charge is 2.27. The van der Waals surface area contributed by atoms with Gasteiger partial charge in [0.2, 0.25) is 0 Å². The van der Waals surface area contributed by atoms with Crippen molar-refractivity contribution >= 4 is 23.4 Å². The Balaban J connectivity index is 1.51. The summed E-state index contributed by atoms with van der Waals surface area (Å²) in [5.74, 6) is 1.25. The highest BCUT2D eigenvalue weighted by Crippen LogP contribution is 2.23. The molecule has 4 rings (SSSR count). The van der Waals surface area contributed by atoms with E-state index < -0.39 is 0 Å². The number of hydrogen-bond acceptors (Lipinski definition) is 4. The Morgan fingerprint density at radius 1 is 0.935 bits per heavy atom. The molecule has 2 aromatic heterocycles. The van der Waals surface area contributed by atoms with Gasteiger partial charge in [-0.1, -0.05) is 28.9 Å². The summed E-state index contributed by atoms with van der Waals surface area (Å²) < 4.78 is 7.12. The normalized spacial score (nSPS) is 14.6. The van der Waals surface area contributed by atoms with Gasteiger partial charge in [0.25, 0.3) is 11.8 Å². The Hall–Kier alpha value is -3.06. The van der Waals surface area contributed by atoms with Crippen LogP contribution in [0.4, 0.5) is 0 Å². The van der Waals surface area contributed by atoms with E-state index in [2.05, 4.69) is 5.16 Å². The minimum atomic E-state index is -0.0977. The van der Waals surface area contributed by atoms with E-state index in [1.54, 1.807) is 29.2 Å². The third-order valence-electron chi connectivity index (χ3n) is 5.68. The molecule has 8 heteroatoms. The van der Waals surface area contributed by atoms with Crippen LogP contribution in [0.5, 0.6) is 0 Å². The summed E-state index contributed by atoms with van der Waals surface area (Å²) in [6.07, 6.45) is 0.711. The number of benzene rings is 1. The first-order chi connectivity index (χ1) is 14.9. The van der Waals surface area contributed by atoms with Crippen LogP contribution >= 0.6 is 11.6 Å². The first-order valence-corrected chi connectivity index (χ1v) is 10.7. The second-order valence-electron chi connectivity index (χ2n) is 7.83. The minimum Gasteiger partial charge on any atom is -0.360 e. The molecule has 0 spiro atoms. The number of halogens is 1. The lowest BCUT2D eigenvalue weighted by Crippen LogP contribution is -2.37. The molecule has 2 amide bonds. The van der Waals surface area contributed by atoms with Gasteiger partial charge >= 0.3 is 0 Å². The molecule has 31 heavy (non-hydrogen) atoms. The van der Waals surface area contributed by atoms with Gasteiger partial charge in [0.15, 0.2) is 5.82 Å². The molecule has 0 unspecified atom stereocenters. The largest absolute Gasteiger partial charge is 0.360 e. The second-order valence-corrected chi connectivity index (χ2v) is 8.24. The number of carbonyl (C=O) groups is 2. The number of aryl methyl sites for hydroxylation is 2. The second kappa shape index (κ2) is 8.59. The van der Waals surface area contributed by atoms with Crippen molar-refractivity contribution in [2.45, 2.75) is 27.2 Å². The van der Waals surface area contributed by atoms with Gasteiger partial charge in [0.05, 0.1) is 16.1 Å². The average Bonchev–Trinajstić information content (AvgIpc) is 3.18. The molecule has 162 valence electrons. The van der Waals surface area contributed by atoms with Gasteiger partial charge in [-0.05, 0) is 45.4 Å². The van der Waals surface area contributed by atoms with E-state index in [4.69, 9.17) is 16.1 Å². The zero-order valence-corrected chi connectivity index (χ0v) is 18.6. The molecule has 3 aromatic rings. The molecule has 0 radical (unpaired) electrons. The van der Waals surface area contributed by atoms with Crippen LogP contribution in [0.15, 0.2) is 40.9 Å². The van der Waals surface area contributed by atoms with E-state index >= 15 is 0 Å². The van der Waals surface area contributed by atoms with E-state index in [0.29, 0.717) is 60.3 Å². The minimum absolute atomic E-state index is 0.0355. The Morgan fingerprint density at radius 3 is 2.19 bits per heavy atom. The number of rotatable bonds is 3. The van der Waals surface area contributed by atoms with Gasteiger partial charge < -0.3 is 14.3 Å². The highest BCUT2D eigenvalue weighted by molar-refractivity contribution is 6.33. The Labute approximate surface area is 186 Å². The van der Waals surface area contributed by atoms with Gasteiger partial charge in [0.1, 0.15) is 5.76 Å². The van der Waals surface area contributed by atoms with Crippen molar-refractivity contribution in [1.82, 2.24) is 19.5 Å². The van der Waals surface area contributed by atoms with E-state index in [1.165, 1.54) is 0 Å². The molecule has 1 aromatic carbocycles. The van der Waals surface area contributed by atoms with Crippen molar-refractivity contribution in [2.75, 3.05) is 26.2 Å². The fraction of sp³-hybridized carbons (Fsp3) is 0.348. The van der Waals surface area contributed by atoms with Crippen LogP contribution in [0.2, 0.25) is 5.02 Å². The zero-order valence-electron chi connectivity index (χ0n) is 17.9. The Kier molecular flexibility index (Phi) is 5.87. The smallest absolute Gasteiger partial charge is 0.255 e. The molecule has 0 saturated carbocycles. The molecule has 1 aliphatic heterocycles. The third-order valence-corrected chi connectivity index (χ3v) is 6.01. The van der Waals surface area contributed by atoms with Crippen LogP contribution < -0.4 is 0 Å². The highest BCUT2D eigenvalue weighted by atomic mass is 35.5. The molecule has 0 N–H and O–H groups in total. The Bertz CT molecular complexity index is 1130. The number of amides is 2. The van der Waals surface area contributed by atoms with Gasteiger partial charge in [-0.25, -0.2) is 0 Å². The number of nitrogens with zero attached hydrogens (tertiary/aromatic N) is 4. The lowest BCUT2D eigenvalue weighted by Gasteiger charge is -2.22. The van der Waals surface area contributed by atoms with Crippen LogP contribution in [-0.2, 0) is 0 Å². The summed E-state index contributed by atoms with van der Waals surface area (Å²) in [4.78, 5) is 29.8. The maximum absolute atomic E-state index is 13.3. The molecule has 3 heterocycles. The fourth-order valence-electron chi connectivity index (χ4n) is 4.09. The topological polar surface area (TPSA) is 71.6 Å². The summed E-state index contributed by atoms with van der Waals surface area (Å²) in [5.41, 5.74) is 2.88. The quantitative estimate of drug-likeness (QED) is 0.616. The van der Waals surface area contributed by atoms with E-state index in [9.17, 15) is 9.59 Å². The summed E-state index contributed by atoms with van der Waals surface area (Å²) in [6.45, 7) is 7.82. The third kappa shape index (κ3) is 4.10. The maximum Gasteiger partial charge on any atom is 0.255 e. The Morgan fingerprint density at radius 2 is 1.58 bits per heavy atom. The molecular weight excluding hydrogens is 416 g/mol. The molecule has 1 fully saturated rings. The van der Waals surface area contributed by atoms with Gasteiger partial charge in [-0.15, -0.1) is 0 Å². The van der Waals surface area contributed by atoms with Crippen molar-refractivity contribution in [2.24, 2.45) is 0 Å². The summed E-state index contributed by atoms with van der Waals surface area (Å²) in [5, 5.41) is 4.53. The molecule has 7 nitrogen and oxygen atoms in total. The van der Waals surface area contributed by atoms with Crippen molar-refractivity contribution in [3.05, 3.63) is 69.7 Å². The monoisotopic (exact) mass is 440 g/mol. The van der Waals surface area contributed by atoms with Crippen molar-refractivity contribution < 1.29 is 14.1 Å². The number of carbonyl (C=O) groups excluding carboxylic acids is 2. The lowest BCUT2D eigenvalue weighted by molar-refractivity contribution is 0.0718. The predicted molar refractivity (Wildman–Crippen MR) is 118 cm³/mol. The summed E-state index contributed by atoms with van der Waals surface area (Å²) in [7, 11) is 0. The molecule has 1 aliphatic rings. The van der Waals surface area contributed by atoms with E-state index in [-0.39, 0.29) is 11.8 Å². The van der Waals surface area contributed by atoms with Crippen molar-refractivity contribution in [3.8, 4) is 5.82 Å². The average molecular weight is 441 g/mol. The van der Waals surface area contributed by atoms with Crippen LogP contribution in [0.1, 0.15) is 44.3 Å². The molecular formula is C23H25ClN4O3. The predicted octanol–water partition coefficient (Wildman–Crippen LogP) is 4.03. The van der Waals surface area contributed by atoms with E-state index in [0.717, 1.165) is 11.4 Å². The van der Waals surface area contributed by atoms with Crippen LogP contribution in [0, 0.1) is 20.8 Å². The summed E-state index contributed by atoms with van der Waals surface area (Å²) in [6, 6.07) is 10.8. The maximum atomic E-state index is 13.3. The standard InChI is InChI=1S/C23H25ClN4O3/c1-15-13-19(17(3)28(15)21-14-16(2)31-25-21)23(30)27-10-6-9-26(11-12-27)22(29)18-7-4-5-8-20(18)24/h4-5,7-8,13-14H,6,9-12H2,1-3H3. The van der Waals surface area contributed by atoms with Gasteiger partial charge in [-0.2, -0.15) is 0 Å². The molecule has 0 bridgehead atoms.